The van der Waals surface area contributed by atoms with Crippen molar-refractivity contribution in [2.45, 2.75) is 26.4 Å². The molecule has 0 aliphatic heterocycles. The lowest BCUT2D eigenvalue weighted by Gasteiger charge is -2.19. The first-order chi connectivity index (χ1) is 8.33. The number of carbonyl (C=O) groups excluding carboxylic acids is 1. The summed E-state index contributed by atoms with van der Waals surface area (Å²) in [6.45, 7) is 5.37. The summed E-state index contributed by atoms with van der Waals surface area (Å²) < 4.78 is 5.13. The Morgan fingerprint density at radius 2 is 1.89 bits per heavy atom. The van der Waals surface area contributed by atoms with Crippen molar-refractivity contribution in [3.8, 4) is 0 Å². The maximum absolute atomic E-state index is 11.6. The summed E-state index contributed by atoms with van der Waals surface area (Å²) in [5.41, 5.74) is 1.06. The molecule has 0 spiro atoms. The van der Waals surface area contributed by atoms with Crippen molar-refractivity contribution in [2.24, 2.45) is 0 Å². The Labute approximate surface area is 103 Å². The molecule has 0 saturated heterocycles. The van der Waals surface area contributed by atoms with Gasteiger partial charge in [-0.2, -0.15) is 0 Å². The molecule has 96 valence electrons. The Kier molecular flexibility index (Phi) is 2.86. The highest BCUT2D eigenvalue weighted by molar-refractivity contribution is 5.88. The quantitative estimate of drug-likeness (QED) is 0.724. The highest BCUT2D eigenvalue weighted by atomic mass is 16.6. The molecular formula is C12H15N3O3. The number of nitrogens with one attached hydrogen (secondary N) is 3. The molecule has 1 aromatic heterocycles. The molecule has 2 aromatic rings. The van der Waals surface area contributed by atoms with Gasteiger partial charge in [-0.15, -0.1) is 0 Å². The molecule has 18 heavy (non-hydrogen) atoms. The highest BCUT2D eigenvalue weighted by Gasteiger charge is 2.16. The van der Waals surface area contributed by atoms with Crippen LogP contribution in [0.5, 0.6) is 0 Å². The van der Waals surface area contributed by atoms with Crippen LogP contribution >= 0.6 is 0 Å². The first kappa shape index (κ1) is 12.2. The van der Waals surface area contributed by atoms with Gasteiger partial charge in [0.1, 0.15) is 5.60 Å². The molecule has 3 N–H and O–H groups in total. The molecular weight excluding hydrogens is 234 g/mol. The lowest BCUT2D eigenvalue weighted by molar-refractivity contribution is 0.0636. The minimum Gasteiger partial charge on any atom is -0.444 e. The van der Waals surface area contributed by atoms with Crippen LogP contribution in [0.15, 0.2) is 23.0 Å². The number of amides is 1. The minimum atomic E-state index is -0.545. The van der Waals surface area contributed by atoms with E-state index in [0.717, 1.165) is 0 Å². The van der Waals surface area contributed by atoms with Gasteiger partial charge in [0.2, 0.25) is 0 Å². The second-order valence-electron chi connectivity index (χ2n) is 4.97. The number of aromatic amines is 2. The van der Waals surface area contributed by atoms with E-state index >= 15 is 0 Å². The topological polar surface area (TPSA) is 87.0 Å². The van der Waals surface area contributed by atoms with E-state index in [1.54, 1.807) is 39.0 Å². The molecule has 6 heteroatoms. The van der Waals surface area contributed by atoms with Gasteiger partial charge in [0.05, 0.1) is 11.0 Å². The number of carbonyl (C=O) groups is 1. The van der Waals surface area contributed by atoms with Crippen LogP contribution in [0.2, 0.25) is 0 Å². The van der Waals surface area contributed by atoms with Crippen molar-refractivity contribution < 1.29 is 9.53 Å². The molecule has 2 rings (SSSR count). The molecule has 0 aliphatic rings. The summed E-state index contributed by atoms with van der Waals surface area (Å²) in [6, 6.07) is 5.06. The number of anilines is 1. The maximum atomic E-state index is 11.6. The number of hydrogen-bond donors (Lipinski definition) is 3. The Morgan fingerprint density at radius 3 is 2.56 bits per heavy atom. The smallest absolute Gasteiger partial charge is 0.412 e. The summed E-state index contributed by atoms with van der Waals surface area (Å²) in [5.74, 6) is 0. The van der Waals surface area contributed by atoms with Gasteiger partial charge >= 0.3 is 11.8 Å². The van der Waals surface area contributed by atoms with Gasteiger partial charge in [0.15, 0.2) is 0 Å². The van der Waals surface area contributed by atoms with Crippen molar-refractivity contribution >= 4 is 22.8 Å². The summed E-state index contributed by atoms with van der Waals surface area (Å²) in [7, 11) is 0. The average molecular weight is 249 g/mol. The number of benzene rings is 1. The van der Waals surface area contributed by atoms with Crippen molar-refractivity contribution in [3.63, 3.8) is 0 Å². The van der Waals surface area contributed by atoms with Crippen molar-refractivity contribution in [2.75, 3.05) is 5.32 Å². The van der Waals surface area contributed by atoms with E-state index < -0.39 is 11.7 Å². The molecule has 0 saturated carbocycles. The fourth-order valence-electron chi connectivity index (χ4n) is 1.53. The Balaban J connectivity index is 2.17. The zero-order chi connectivity index (χ0) is 13.3. The third kappa shape index (κ3) is 2.91. The monoisotopic (exact) mass is 249 g/mol. The lowest BCUT2D eigenvalue weighted by atomic mass is 10.2. The number of H-pyrrole nitrogens is 2. The summed E-state index contributed by atoms with van der Waals surface area (Å²) in [5, 5.41) is 2.60. The van der Waals surface area contributed by atoms with E-state index in [2.05, 4.69) is 15.3 Å². The third-order valence-electron chi connectivity index (χ3n) is 2.16. The predicted octanol–water partition coefficient (Wildman–Crippen LogP) is 2.20. The highest BCUT2D eigenvalue weighted by Crippen LogP contribution is 2.16. The number of fused-ring (bicyclic) bond motifs is 1. The van der Waals surface area contributed by atoms with Crippen LogP contribution in [-0.2, 0) is 4.74 Å². The van der Waals surface area contributed by atoms with Crippen LogP contribution < -0.4 is 11.0 Å². The van der Waals surface area contributed by atoms with Crippen LogP contribution in [0.4, 0.5) is 10.5 Å². The van der Waals surface area contributed by atoms with E-state index in [4.69, 9.17) is 4.74 Å². The van der Waals surface area contributed by atoms with Crippen LogP contribution in [0.1, 0.15) is 20.8 Å². The zero-order valence-corrected chi connectivity index (χ0v) is 10.5. The van der Waals surface area contributed by atoms with Crippen LogP contribution in [0.25, 0.3) is 11.0 Å². The Bertz CT molecular complexity index is 634. The predicted molar refractivity (Wildman–Crippen MR) is 68.8 cm³/mol. The van der Waals surface area contributed by atoms with Gasteiger partial charge in [-0.1, -0.05) is 0 Å². The van der Waals surface area contributed by atoms with Crippen molar-refractivity contribution in [3.05, 3.63) is 28.7 Å². The van der Waals surface area contributed by atoms with Gasteiger partial charge in [-0.3, -0.25) is 5.32 Å². The molecule has 0 bridgehead atoms. The fourth-order valence-corrected chi connectivity index (χ4v) is 1.53. The summed E-state index contributed by atoms with van der Waals surface area (Å²) in [6.07, 6.45) is -0.528. The summed E-state index contributed by atoms with van der Waals surface area (Å²) >= 11 is 0. The average Bonchev–Trinajstić information content (AvgIpc) is 2.53. The van der Waals surface area contributed by atoms with Gasteiger partial charge < -0.3 is 14.7 Å². The fraction of sp³-hybridized carbons (Fsp3) is 0.333. The largest absolute Gasteiger partial charge is 0.444 e. The number of ether oxygens (including phenoxy) is 1. The van der Waals surface area contributed by atoms with Gasteiger partial charge in [0.25, 0.3) is 0 Å². The van der Waals surface area contributed by atoms with E-state index in [-0.39, 0.29) is 5.69 Å². The molecule has 1 aromatic carbocycles. The number of rotatable bonds is 1. The Hall–Kier alpha value is -2.24. The molecule has 0 aliphatic carbocycles. The lowest BCUT2D eigenvalue weighted by Crippen LogP contribution is -2.27. The SMILES string of the molecule is CC(C)(C)OC(=O)Nc1ccc2[nH]c(=O)[nH]c2c1. The van der Waals surface area contributed by atoms with Gasteiger partial charge in [-0.25, -0.2) is 9.59 Å². The molecule has 1 amide bonds. The molecule has 1 heterocycles. The molecule has 0 atom stereocenters. The van der Waals surface area contributed by atoms with E-state index in [0.29, 0.717) is 16.7 Å². The molecule has 6 nitrogen and oxygen atoms in total. The first-order valence-corrected chi connectivity index (χ1v) is 5.55. The standard InChI is InChI=1S/C12H15N3O3/c1-12(2,3)18-11(17)13-7-4-5-8-9(6-7)15-10(16)14-8/h4-6H,1-3H3,(H,13,17)(H2,14,15,16). The van der Waals surface area contributed by atoms with Gasteiger partial charge in [0, 0.05) is 5.69 Å². The molecule has 0 unspecified atom stereocenters. The van der Waals surface area contributed by atoms with E-state index in [1.807, 2.05) is 0 Å². The minimum absolute atomic E-state index is 0.278. The van der Waals surface area contributed by atoms with Crippen LogP contribution in [0, 0.1) is 0 Å². The van der Waals surface area contributed by atoms with Crippen molar-refractivity contribution in [1.29, 1.82) is 0 Å². The van der Waals surface area contributed by atoms with E-state index in [1.165, 1.54) is 0 Å². The zero-order valence-electron chi connectivity index (χ0n) is 10.5. The maximum Gasteiger partial charge on any atom is 0.412 e. The second kappa shape index (κ2) is 4.21. The number of imidazole rings is 1. The summed E-state index contributed by atoms with van der Waals surface area (Å²) in [4.78, 5) is 27.9. The second-order valence-corrected chi connectivity index (χ2v) is 4.97. The first-order valence-electron chi connectivity index (χ1n) is 5.55. The molecule has 0 radical (unpaired) electrons. The van der Waals surface area contributed by atoms with E-state index in [9.17, 15) is 9.59 Å². The Morgan fingerprint density at radius 1 is 1.22 bits per heavy atom. The third-order valence-corrected chi connectivity index (χ3v) is 2.16. The van der Waals surface area contributed by atoms with Gasteiger partial charge in [-0.05, 0) is 39.0 Å². The van der Waals surface area contributed by atoms with Crippen LogP contribution in [-0.4, -0.2) is 21.7 Å². The van der Waals surface area contributed by atoms with Crippen LogP contribution in [0.3, 0.4) is 0 Å². The van der Waals surface area contributed by atoms with Crippen molar-refractivity contribution in [1.82, 2.24) is 9.97 Å². The molecule has 0 fully saturated rings. The number of hydrogen-bond acceptors (Lipinski definition) is 3. The number of aromatic nitrogens is 2. The normalized spacial score (nSPS) is 11.5.